The summed E-state index contributed by atoms with van der Waals surface area (Å²) in [6, 6.07) is 0. The van der Waals surface area contributed by atoms with Crippen LogP contribution in [-0.4, -0.2) is 54.0 Å². The Kier molecular flexibility index (Phi) is 3.55. The van der Waals surface area contributed by atoms with Gasteiger partial charge in [0.25, 0.3) is 0 Å². The molecule has 4 atom stereocenters. The fourth-order valence-electron chi connectivity index (χ4n) is 1.93. The molecule has 0 spiro atoms. The summed E-state index contributed by atoms with van der Waals surface area (Å²) in [6.45, 7) is 5.33. The highest BCUT2D eigenvalue weighted by Crippen LogP contribution is 2.26. The fourth-order valence-corrected chi connectivity index (χ4v) is 1.93. The van der Waals surface area contributed by atoms with Crippen molar-refractivity contribution in [2.24, 2.45) is 0 Å². The van der Waals surface area contributed by atoms with Gasteiger partial charge in [-0.1, -0.05) is 0 Å². The SMILES string of the molecule is CC(C)(C)OC(=O)NCC1OC2NC(=O)OC2C1O. The first-order chi connectivity index (χ1) is 8.76. The summed E-state index contributed by atoms with van der Waals surface area (Å²) in [5.41, 5.74) is -0.590. The van der Waals surface area contributed by atoms with Crippen LogP contribution >= 0.6 is 0 Å². The van der Waals surface area contributed by atoms with Gasteiger partial charge in [0.15, 0.2) is 12.3 Å². The summed E-state index contributed by atoms with van der Waals surface area (Å²) in [7, 11) is 0. The van der Waals surface area contributed by atoms with E-state index in [4.69, 9.17) is 14.2 Å². The van der Waals surface area contributed by atoms with E-state index >= 15 is 0 Å². The number of aliphatic hydroxyl groups excluding tert-OH is 1. The number of carbonyl (C=O) groups excluding carboxylic acids is 2. The van der Waals surface area contributed by atoms with Crippen molar-refractivity contribution in [3.8, 4) is 0 Å². The highest BCUT2D eigenvalue weighted by atomic mass is 16.6. The average molecular weight is 274 g/mol. The Balaban J connectivity index is 1.79. The van der Waals surface area contributed by atoms with Crippen LogP contribution < -0.4 is 10.6 Å². The summed E-state index contributed by atoms with van der Waals surface area (Å²) in [4.78, 5) is 22.4. The molecule has 0 aromatic rings. The smallest absolute Gasteiger partial charge is 0.409 e. The van der Waals surface area contributed by atoms with Crippen molar-refractivity contribution in [1.29, 1.82) is 0 Å². The molecule has 8 nitrogen and oxygen atoms in total. The molecule has 8 heteroatoms. The van der Waals surface area contributed by atoms with Crippen molar-refractivity contribution in [1.82, 2.24) is 10.6 Å². The van der Waals surface area contributed by atoms with Crippen molar-refractivity contribution < 1.29 is 28.9 Å². The summed E-state index contributed by atoms with van der Waals surface area (Å²) >= 11 is 0. The first-order valence-electron chi connectivity index (χ1n) is 6.04. The molecule has 0 aromatic carbocycles. The molecule has 2 rings (SSSR count). The predicted molar refractivity (Wildman–Crippen MR) is 62.3 cm³/mol. The molecule has 19 heavy (non-hydrogen) atoms. The van der Waals surface area contributed by atoms with Crippen molar-refractivity contribution in [2.45, 2.75) is 50.9 Å². The highest BCUT2D eigenvalue weighted by molar-refractivity contribution is 5.70. The van der Waals surface area contributed by atoms with E-state index in [1.54, 1.807) is 20.8 Å². The Morgan fingerprint density at radius 1 is 1.53 bits per heavy atom. The molecule has 108 valence electrons. The third kappa shape index (κ3) is 3.27. The lowest BCUT2D eigenvalue weighted by molar-refractivity contribution is -0.00257. The van der Waals surface area contributed by atoms with Crippen LogP contribution in [0.2, 0.25) is 0 Å². The highest BCUT2D eigenvalue weighted by Gasteiger charge is 2.51. The molecule has 0 saturated carbocycles. The second kappa shape index (κ2) is 4.86. The van der Waals surface area contributed by atoms with E-state index in [2.05, 4.69) is 10.6 Å². The van der Waals surface area contributed by atoms with E-state index in [0.717, 1.165) is 0 Å². The normalized spacial score (nSPS) is 33.4. The number of carbonyl (C=O) groups is 2. The number of ether oxygens (including phenoxy) is 3. The van der Waals surface area contributed by atoms with E-state index in [1.807, 2.05) is 0 Å². The molecule has 2 aliphatic heterocycles. The number of fused-ring (bicyclic) bond motifs is 1. The average Bonchev–Trinajstić information content (AvgIpc) is 2.73. The third-order valence-corrected chi connectivity index (χ3v) is 2.69. The van der Waals surface area contributed by atoms with Crippen LogP contribution in [0.25, 0.3) is 0 Å². The lowest BCUT2D eigenvalue weighted by Gasteiger charge is -2.21. The van der Waals surface area contributed by atoms with Gasteiger partial charge in [-0.25, -0.2) is 9.59 Å². The number of amides is 2. The van der Waals surface area contributed by atoms with Crippen LogP contribution in [0.4, 0.5) is 9.59 Å². The van der Waals surface area contributed by atoms with Crippen LogP contribution in [0, 0.1) is 0 Å². The minimum absolute atomic E-state index is 0.0717. The molecule has 2 fully saturated rings. The molecule has 0 bridgehead atoms. The van der Waals surface area contributed by atoms with Gasteiger partial charge in [0, 0.05) is 6.54 Å². The summed E-state index contributed by atoms with van der Waals surface area (Å²) in [5, 5.41) is 14.8. The molecule has 2 aliphatic rings. The Hall–Kier alpha value is -1.54. The molecule has 2 heterocycles. The molecule has 0 aromatic heterocycles. The maximum Gasteiger partial charge on any atom is 0.409 e. The number of rotatable bonds is 2. The van der Waals surface area contributed by atoms with Crippen molar-refractivity contribution in [3.63, 3.8) is 0 Å². The first kappa shape index (κ1) is 13.9. The number of nitrogens with one attached hydrogen (secondary N) is 2. The van der Waals surface area contributed by atoms with Crippen LogP contribution in [-0.2, 0) is 14.2 Å². The van der Waals surface area contributed by atoms with Crippen molar-refractivity contribution in [2.75, 3.05) is 6.54 Å². The van der Waals surface area contributed by atoms with Crippen LogP contribution in [0.1, 0.15) is 20.8 Å². The standard InChI is InChI=1S/C11H18N2O6/c1-11(2,3)19-9(15)12-4-5-6(14)7-8(17-5)13-10(16)18-7/h5-8,14H,4H2,1-3H3,(H,12,15)(H,13,16). The van der Waals surface area contributed by atoms with Gasteiger partial charge >= 0.3 is 12.2 Å². The predicted octanol–water partition coefficient (Wildman–Crippen LogP) is -0.295. The monoisotopic (exact) mass is 274 g/mol. The Morgan fingerprint density at radius 2 is 2.21 bits per heavy atom. The zero-order valence-electron chi connectivity index (χ0n) is 11.0. The Bertz CT molecular complexity index is 380. The fraction of sp³-hybridized carbons (Fsp3) is 0.818. The van der Waals surface area contributed by atoms with Gasteiger partial charge in [-0.15, -0.1) is 0 Å². The Labute approximate surface area is 110 Å². The zero-order valence-corrected chi connectivity index (χ0v) is 11.0. The topological polar surface area (TPSA) is 106 Å². The molecular formula is C11H18N2O6. The van der Waals surface area contributed by atoms with Gasteiger partial charge in [-0.3, -0.25) is 5.32 Å². The number of hydrogen-bond donors (Lipinski definition) is 3. The van der Waals surface area contributed by atoms with E-state index < -0.39 is 42.3 Å². The largest absolute Gasteiger partial charge is 0.444 e. The van der Waals surface area contributed by atoms with Crippen molar-refractivity contribution in [3.05, 3.63) is 0 Å². The zero-order chi connectivity index (χ0) is 14.2. The minimum Gasteiger partial charge on any atom is -0.444 e. The molecule has 4 unspecified atom stereocenters. The molecule has 0 aliphatic carbocycles. The summed E-state index contributed by atoms with van der Waals surface area (Å²) < 4.78 is 15.3. The van der Waals surface area contributed by atoms with Gasteiger partial charge in [0.05, 0.1) is 0 Å². The summed E-state index contributed by atoms with van der Waals surface area (Å²) in [6.07, 6.45) is -4.26. The molecule has 2 saturated heterocycles. The second-order valence-electron chi connectivity index (χ2n) is 5.48. The van der Waals surface area contributed by atoms with Crippen LogP contribution in [0.3, 0.4) is 0 Å². The molecule has 3 N–H and O–H groups in total. The summed E-state index contributed by atoms with van der Waals surface area (Å²) in [5.74, 6) is 0. The van der Waals surface area contributed by atoms with Gasteiger partial charge in [-0.05, 0) is 20.8 Å². The second-order valence-corrected chi connectivity index (χ2v) is 5.48. The van der Waals surface area contributed by atoms with E-state index in [1.165, 1.54) is 0 Å². The van der Waals surface area contributed by atoms with Crippen LogP contribution in [0.5, 0.6) is 0 Å². The first-order valence-corrected chi connectivity index (χ1v) is 6.04. The van der Waals surface area contributed by atoms with Gasteiger partial charge in [0.1, 0.15) is 17.8 Å². The van der Waals surface area contributed by atoms with Gasteiger partial charge in [-0.2, -0.15) is 0 Å². The maximum absolute atomic E-state index is 11.4. The van der Waals surface area contributed by atoms with E-state index in [9.17, 15) is 14.7 Å². The maximum atomic E-state index is 11.4. The lowest BCUT2D eigenvalue weighted by atomic mass is 10.1. The molecule has 2 amide bonds. The van der Waals surface area contributed by atoms with Gasteiger partial charge < -0.3 is 24.6 Å². The quantitative estimate of drug-likeness (QED) is 0.638. The Morgan fingerprint density at radius 3 is 2.79 bits per heavy atom. The van der Waals surface area contributed by atoms with E-state index in [-0.39, 0.29) is 6.54 Å². The minimum atomic E-state index is -0.987. The van der Waals surface area contributed by atoms with Gasteiger partial charge in [0.2, 0.25) is 0 Å². The third-order valence-electron chi connectivity index (χ3n) is 2.69. The number of alkyl carbamates (subject to hydrolysis) is 2. The number of hydrogen-bond acceptors (Lipinski definition) is 6. The molecular weight excluding hydrogens is 256 g/mol. The van der Waals surface area contributed by atoms with Crippen LogP contribution in [0.15, 0.2) is 0 Å². The van der Waals surface area contributed by atoms with E-state index in [0.29, 0.717) is 0 Å². The number of aliphatic hydroxyl groups is 1. The molecule has 0 radical (unpaired) electrons. The van der Waals surface area contributed by atoms with Crippen molar-refractivity contribution >= 4 is 12.2 Å². The lowest BCUT2D eigenvalue weighted by Crippen LogP contribution is -2.42.